The maximum atomic E-state index is 6.83. The quantitative estimate of drug-likeness (QED) is 0.156. The molecule has 5 heteroatoms. The minimum atomic E-state index is -0.0659. The highest BCUT2D eigenvalue weighted by atomic mass is 32.2. The van der Waals surface area contributed by atoms with Crippen molar-refractivity contribution in [2.24, 2.45) is 0 Å². The summed E-state index contributed by atoms with van der Waals surface area (Å²) in [7, 11) is 0. The summed E-state index contributed by atoms with van der Waals surface area (Å²) in [4.78, 5) is 5.25. The van der Waals surface area contributed by atoms with E-state index in [1.54, 1.807) is 0 Å². The molecule has 0 amide bonds. The molecule has 0 N–H and O–H groups in total. The highest BCUT2D eigenvalue weighted by Gasteiger charge is 2.42. The monoisotopic (exact) mass is 804 g/mol. The number of rotatable bonds is 6. The predicted molar refractivity (Wildman–Crippen MR) is 261 cm³/mol. The van der Waals surface area contributed by atoms with Crippen molar-refractivity contribution in [2.75, 3.05) is 4.90 Å². The van der Waals surface area contributed by atoms with Crippen molar-refractivity contribution < 1.29 is 4.42 Å². The van der Waals surface area contributed by atoms with Gasteiger partial charge < -0.3 is 13.9 Å². The number of aryl methyl sites for hydroxylation is 1. The lowest BCUT2D eigenvalue weighted by Gasteiger charge is -2.42. The standard InChI is InChI=1S/C56H45BN2OS/c1-5-6-18-43-48(30-27-42-41-21-12-15-24-51(41)60-55(42)43)59-49-29-25-36(35-16-8-7-9-17-35)31-45(49)57-44-28-26-38(58-46-22-13-10-19-39(46)40-20-11-14-23-47(40)58)34-52(44)61-53-33-37(56(2,3)4)32-50(59)54(53)57/h7-17,19-34H,5-6,18H2,1-4H3. The summed E-state index contributed by atoms with van der Waals surface area (Å²) < 4.78 is 9.28. The number of unbranched alkanes of at least 4 members (excludes halogenated alkanes) is 1. The summed E-state index contributed by atoms with van der Waals surface area (Å²) >= 11 is 1.94. The van der Waals surface area contributed by atoms with Gasteiger partial charge in [-0.3, -0.25) is 0 Å². The first-order valence-corrected chi connectivity index (χ1v) is 22.6. The van der Waals surface area contributed by atoms with Crippen molar-refractivity contribution in [3.8, 4) is 16.8 Å². The van der Waals surface area contributed by atoms with Gasteiger partial charge >= 0.3 is 0 Å². The summed E-state index contributed by atoms with van der Waals surface area (Å²) in [5.74, 6) is 0. The van der Waals surface area contributed by atoms with E-state index in [-0.39, 0.29) is 12.1 Å². The molecular weight excluding hydrogens is 760 g/mol. The van der Waals surface area contributed by atoms with Gasteiger partial charge in [0.25, 0.3) is 0 Å². The second-order valence-corrected chi connectivity index (χ2v) is 19.0. The first-order valence-electron chi connectivity index (χ1n) is 21.8. The van der Waals surface area contributed by atoms with Crippen LogP contribution in [0, 0.1) is 0 Å². The van der Waals surface area contributed by atoms with Crippen LogP contribution in [0.5, 0.6) is 0 Å². The lowest BCUT2D eigenvalue weighted by atomic mass is 9.34. The van der Waals surface area contributed by atoms with Gasteiger partial charge in [0.15, 0.2) is 0 Å². The lowest BCUT2D eigenvalue weighted by Crippen LogP contribution is -2.60. The number of anilines is 3. The molecule has 0 aliphatic carbocycles. The van der Waals surface area contributed by atoms with Gasteiger partial charge in [-0.2, -0.15) is 0 Å². The van der Waals surface area contributed by atoms with E-state index in [4.69, 9.17) is 4.42 Å². The molecule has 2 aliphatic rings. The number of hydrogen-bond acceptors (Lipinski definition) is 3. The van der Waals surface area contributed by atoms with Gasteiger partial charge in [-0.25, -0.2) is 0 Å². The Bertz CT molecular complexity index is 3340. The first kappa shape index (κ1) is 36.4. The molecule has 0 fully saturated rings. The van der Waals surface area contributed by atoms with E-state index in [9.17, 15) is 0 Å². The van der Waals surface area contributed by atoms with Crippen LogP contribution in [0.2, 0.25) is 0 Å². The molecule has 0 unspecified atom stereocenters. The summed E-state index contributed by atoms with van der Waals surface area (Å²) in [6, 6.07) is 61.1. The Kier molecular flexibility index (Phi) is 8.24. The van der Waals surface area contributed by atoms with Gasteiger partial charge in [-0.05, 0) is 107 Å². The van der Waals surface area contributed by atoms with Crippen LogP contribution < -0.4 is 21.3 Å². The number of benzene rings is 8. The molecule has 2 aromatic heterocycles. The lowest BCUT2D eigenvalue weighted by molar-refractivity contribution is 0.589. The highest BCUT2D eigenvalue weighted by molar-refractivity contribution is 8.00. The van der Waals surface area contributed by atoms with Crippen LogP contribution in [0.4, 0.5) is 17.1 Å². The Balaban J connectivity index is 1.13. The van der Waals surface area contributed by atoms with Crippen molar-refractivity contribution in [1.29, 1.82) is 0 Å². The Labute approximate surface area is 361 Å². The fourth-order valence-corrected chi connectivity index (χ4v) is 11.5. The Morgan fingerprint density at radius 2 is 1.28 bits per heavy atom. The molecule has 0 saturated carbocycles. The molecular formula is C56H45BN2OS. The summed E-state index contributed by atoms with van der Waals surface area (Å²) in [6.45, 7) is 9.38. The summed E-state index contributed by atoms with van der Waals surface area (Å²) in [5, 5.41) is 4.92. The molecule has 0 atom stereocenters. The second kappa shape index (κ2) is 13.8. The van der Waals surface area contributed by atoms with Crippen molar-refractivity contribution >= 4 is 95.7 Å². The maximum Gasteiger partial charge on any atom is 0.249 e. The molecule has 2 aliphatic heterocycles. The molecule has 0 bridgehead atoms. The fraction of sp³-hybridized carbons (Fsp3) is 0.143. The van der Waals surface area contributed by atoms with E-state index >= 15 is 0 Å². The zero-order chi connectivity index (χ0) is 41.0. The number of hydrogen-bond donors (Lipinski definition) is 0. The molecule has 0 spiro atoms. The van der Waals surface area contributed by atoms with Crippen LogP contribution >= 0.6 is 11.8 Å². The van der Waals surface area contributed by atoms with Crippen molar-refractivity contribution in [3.05, 3.63) is 175 Å². The number of furan rings is 1. The van der Waals surface area contributed by atoms with E-state index in [0.29, 0.717) is 0 Å². The van der Waals surface area contributed by atoms with Crippen LogP contribution in [-0.2, 0) is 11.8 Å². The highest BCUT2D eigenvalue weighted by Crippen LogP contribution is 2.48. The largest absolute Gasteiger partial charge is 0.456 e. The predicted octanol–water partition coefficient (Wildman–Crippen LogP) is 13.8. The molecule has 0 radical (unpaired) electrons. The molecule has 61 heavy (non-hydrogen) atoms. The smallest absolute Gasteiger partial charge is 0.249 e. The summed E-state index contributed by atoms with van der Waals surface area (Å²) in [6.07, 6.45) is 3.12. The van der Waals surface area contributed by atoms with E-state index < -0.39 is 0 Å². The topological polar surface area (TPSA) is 21.3 Å². The molecule has 294 valence electrons. The molecule has 12 rings (SSSR count). The SMILES string of the molecule is CCCCc1c(N2c3ccc(-c4ccccc4)cc3B3c4ccc(-n5c6ccccc6c6ccccc65)cc4Sc4cc(C(C)(C)C)cc2c43)ccc2c1oc1ccccc12. The molecule has 4 heterocycles. The van der Waals surface area contributed by atoms with Gasteiger partial charge in [0.05, 0.1) is 16.7 Å². The Hall–Kier alpha value is -6.43. The molecule has 3 nitrogen and oxygen atoms in total. The molecule has 0 saturated heterocycles. The average Bonchev–Trinajstić information content (AvgIpc) is 3.84. The zero-order valence-corrected chi connectivity index (χ0v) is 35.8. The van der Waals surface area contributed by atoms with Crippen molar-refractivity contribution in [3.63, 3.8) is 0 Å². The van der Waals surface area contributed by atoms with E-state index in [0.717, 1.165) is 30.4 Å². The van der Waals surface area contributed by atoms with Crippen LogP contribution in [-0.4, -0.2) is 11.3 Å². The van der Waals surface area contributed by atoms with Gasteiger partial charge in [-0.15, -0.1) is 0 Å². The number of aromatic nitrogens is 1. The summed E-state index contributed by atoms with van der Waals surface area (Å²) in [5.41, 5.74) is 18.4. The van der Waals surface area contributed by atoms with Crippen LogP contribution in [0.15, 0.2) is 178 Å². The van der Waals surface area contributed by atoms with Crippen LogP contribution in [0.3, 0.4) is 0 Å². The van der Waals surface area contributed by atoms with Crippen LogP contribution in [0.25, 0.3) is 60.6 Å². The Morgan fingerprint density at radius 1 is 0.574 bits per heavy atom. The average molecular weight is 805 g/mol. The fourth-order valence-electron chi connectivity index (χ4n) is 10.2. The maximum absolute atomic E-state index is 6.83. The number of fused-ring (bicyclic) bond motifs is 10. The molecule has 8 aromatic carbocycles. The van der Waals surface area contributed by atoms with Gasteiger partial charge in [0.1, 0.15) is 11.2 Å². The van der Waals surface area contributed by atoms with E-state index in [1.165, 1.54) is 104 Å². The minimum Gasteiger partial charge on any atom is -0.456 e. The molecule has 10 aromatic rings. The zero-order valence-electron chi connectivity index (χ0n) is 35.0. The van der Waals surface area contributed by atoms with Gasteiger partial charge in [-0.1, -0.05) is 154 Å². The number of para-hydroxylation sites is 3. The third-order valence-electron chi connectivity index (χ3n) is 13.2. The van der Waals surface area contributed by atoms with E-state index in [2.05, 4.69) is 201 Å². The minimum absolute atomic E-state index is 0.0476. The normalized spacial score (nSPS) is 13.3. The number of nitrogens with zero attached hydrogens (tertiary/aromatic N) is 2. The van der Waals surface area contributed by atoms with Crippen molar-refractivity contribution in [1.82, 2.24) is 4.57 Å². The third-order valence-corrected chi connectivity index (χ3v) is 14.3. The first-order chi connectivity index (χ1) is 29.9. The van der Waals surface area contributed by atoms with Crippen LogP contribution in [0.1, 0.15) is 51.7 Å². The van der Waals surface area contributed by atoms with Gasteiger partial charge in [0.2, 0.25) is 6.71 Å². The third kappa shape index (κ3) is 5.60. The van der Waals surface area contributed by atoms with Crippen molar-refractivity contribution in [2.45, 2.75) is 62.2 Å². The second-order valence-electron chi connectivity index (χ2n) is 17.9. The van der Waals surface area contributed by atoms with Gasteiger partial charge in [0, 0.05) is 54.0 Å². The van der Waals surface area contributed by atoms with E-state index in [1.807, 2.05) is 11.8 Å². The Morgan fingerprint density at radius 3 is 2.03 bits per heavy atom.